The highest BCUT2D eigenvalue weighted by Crippen LogP contribution is 2.26. The van der Waals surface area contributed by atoms with Crippen molar-refractivity contribution in [2.75, 3.05) is 11.9 Å². The molecule has 2 rings (SSSR count). The van der Waals surface area contributed by atoms with Crippen LogP contribution in [-0.2, 0) is 4.79 Å². The standard InChI is InChI=1S/C23H25ClN2O2/c1-4-5-6-11-28-22-10-8-20(24)14-18(22)13-19(15-25)23(27)26-21-9-7-16(2)17(3)12-21/h7-10,12-14H,4-6,11H2,1-3H3,(H,26,27). The number of hydrogen-bond acceptors (Lipinski definition) is 3. The van der Waals surface area contributed by atoms with Gasteiger partial charge in [0, 0.05) is 16.3 Å². The Kier molecular flexibility index (Phi) is 8.10. The molecular formula is C23H25ClN2O2. The second-order valence-corrected chi connectivity index (χ2v) is 7.10. The fraction of sp³-hybridized carbons (Fsp3) is 0.304. The van der Waals surface area contributed by atoms with E-state index in [1.165, 1.54) is 6.08 Å². The number of hydrogen-bond donors (Lipinski definition) is 1. The van der Waals surface area contributed by atoms with E-state index in [-0.39, 0.29) is 5.57 Å². The summed E-state index contributed by atoms with van der Waals surface area (Å²) in [6.45, 7) is 6.68. The van der Waals surface area contributed by atoms with Gasteiger partial charge in [0.25, 0.3) is 5.91 Å². The average Bonchev–Trinajstić information content (AvgIpc) is 2.67. The van der Waals surface area contributed by atoms with E-state index in [0.717, 1.165) is 30.4 Å². The van der Waals surface area contributed by atoms with Crippen molar-refractivity contribution in [1.82, 2.24) is 0 Å². The third kappa shape index (κ3) is 6.14. The van der Waals surface area contributed by atoms with Crippen molar-refractivity contribution < 1.29 is 9.53 Å². The first kappa shape index (κ1) is 21.5. The predicted molar refractivity (Wildman–Crippen MR) is 115 cm³/mol. The topological polar surface area (TPSA) is 62.1 Å². The van der Waals surface area contributed by atoms with E-state index >= 15 is 0 Å². The van der Waals surface area contributed by atoms with Gasteiger partial charge in [-0.05, 0) is 67.8 Å². The summed E-state index contributed by atoms with van der Waals surface area (Å²) in [6.07, 6.45) is 4.65. The molecule has 0 spiro atoms. The maximum Gasteiger partial charge on any atom is 0.266 e. The Bertz CT molecular complexity index is 913. The molecule has 0 heterocycles. The van der Waals surface area contributed by atoms with Gasteiger partial charge in [-0.3, -0.25) is 4.79 Å². The van der Waals surface area contributed by atoms with Crippen LogP contribution in [0.4, 0.5) is 5.69 Å². The summed E-state index contributed by atoms with van der Waals surface area (Å²) in [4.78, 5) is 12.6. The molecule has 5 heteroatoms. The van der Waals surface area contributed by atoms with Crippen LogP contribution in [0, 0.1) is 25.2 Å². The number of nitrogens with zero attached hydrogens (tertiary/aromatic N) is 1. The van der Waals surface area contributed by atoms with Crippen LogP contribution in [0.15, 0.2) is 42.0 Å². The summed E-state index contributed by atoms with van der Waals surface area (Å²) in [5, 5.41) is 12.8. The maximum atomic E-state index is 12.6. The fourth-order valence-electron chi connectivity index (χ4n) is 2.62. The Hall–Kier alpha value is -2.77. The second-order valence-electron chi connectivity index (χ2n) is 6.66. The van der Waals surface area contributed by atoms with Crippen LogP contribution in [0.5, 0.6) is 5.75 Å². The van der Waals surface area contributed by atoms with Gasteiger partial charge in [-0.2, -0.15) is 5.26 Å². The summed E-state index contributed by atoms with van der Waals surface area (Å²) in [7, 11) is 0. The van der Waals surface area contributed by atoms with Crippen LogP contribution >= 0.6 is 11.6 Å². The minimum Gasteiger partial charge on any atom is -0.493 e. The van der Waals surface area contributed by atoms with Crippen LogP contribution < -0.4 is 10.1 Å². The maximum absolute atomic E-state index is 12.6. The number of nitriles is 1. The third-order valence-corrected chi connectivity index (χ3v) is 4.64. The number of ether oxygens (including phenoxy) is 1. The Morgan fingerprint density at radius 3 is 2.64 bits per heavy atom. The number of benzene rings is 2. The van der Waals surface area contributed by atoms with Crippen LogP contribution in [0.3, 0.4) is 0 Å². The quantitative estimate of drug-likeness (QED) is 0.334. The molecule has 0 bridgehead atoms. The van der Waals surface area contributed by atoms with Crippen molar-refractivity contribution in [2.24, 2.45) is 0 Å². The molecule has 2 aromatic carbocycles. The number of anilines is 1. The van der Waals surface area contributed by atoms with Crippen LogP contribution in [0.2, 0.25) is 5.02 Å². The smallest absolute Gasteiger partial charge is 0.266 e. The number of carbonyl (C=O) groups is 1. The zero-order valence-corrected chi connectivity index (χ0v) is 17.3. The van der Waals surface area contributed by atoms with E-state index in [4.69, 9.17) is 16.3 Å². The van der Waals surface area contributed by atoms with Crippen molar-refractivity contribution in [1.29, 1.82) is 5.26 Å². The first-order valence-corrected chi connectivity index (χ1v) is 9.75. The van der Waals surface area contributed by atoms with Gasteiger partial charge in [-0.1, -0.05) is 37.4 Å². The minimum atomic E-state index is -0.470. The zero-order chi connectivity index (χ0) is 20.5. The van der Waals surface area contributed by atoms with Gasteiger partial charge < -0.3 is 10.1 Å². The second kappa shape index (κ2) is 10.5. The lowest BCUT2D eigenvalue weighted by atomic mass is 10.1. The average molecular weight is 397 g/mol. The first-order chi connectivity index (χ1) is 13.4. The Balaban J connectivity index is 2.22. The molecule has 0 aliphatic carbocycles. The van der Waals surface area contributed by atoms with E-state index in [0.29, 0.717) is 28.6 Å². The van der Waals surface area contributed by atoms with Crippen LogP contribution in [-0.4, -0.2) is 12.5 Å². The van der Waals surface area contributed by atoms with Crippen molar-refractivity contribution in [2.45, 2.75) is 40.0 Å². The fourth-order valence-corrected chi connectivity index (χ4v) is 2.80. The Morgan fingerprint density at radius 1 is 1.18 bits per heavy atom. The van der Waals surface area contributed by atoms with E-state index in [9.17, 15) is 10.1 Å². The largest absolute Gasteiger partial charge is 0.493 e. The van der Waals surface area contributed by atoms with Crippen molar-refractivity contribution in [3.05, 3.63) is 63.7 Å². The number of aryl methyl sites for hydroxylation is 2. The number of nitrogens with one attached hydrogen (secondary N) is 1. The molecular weight excluding hydrogens is 372 g/mol. The summed E-state index contributed by atoms with van der Waals surface area (Å²) in [6, 6.07) is 12.8. The molecule has 0 saturated heterocycles. The molecule has 4 nitrogen and oxygen atoms in total. The minimum absolute atomic E-state index is 0.0149. The molecule has 2 aromatic rings. The van der Waals surface area contributed by atoms with Gasteiger partial charge >= 0.3 is 0 Å². The highest BCUT2D eigenvalue weighted by Gasteiger charge is 2.12. The molecule has 0 aliphatic heterocycles. The molecule has 0 fully saturated rings. The van der Waals surface area contributed by atoms with Gasteiger partial charge in [0.05, 0.1) is 6.61 Å². The predicted octanol–water partition coefficient (Wildman–Crippen LogP) is 6.07. The Morgan fingerprint density at radius 2 is 1.96 bits per heavy atom. The lowest BCUT2D eigenvalue weighted by Crippen LogP contribution is -2.13. The van der Waals surface area contributed by atoms with Crippen LogP contribution in [0.1, 0.15) is 42.9 Å². The molecule has 0 saturated carbocycles. The third-order valence-electron chi connectivity index (χ3n) is 4.41. The number of rotatable bonds is 8. The number of carbonyl (C=O) groups excluding carboxylic acids is 1. The van der Waals surface area contributed by atoms with Gasteiger partial charge in [0.15, 0.2) is 0 Å². The molecule has 1 amide bonds. The van der Waals surface area contributed by atoms with Crippen molar-refractivity contribution >= 4 is 29.3 Å². The first-order valence-electron chi connectivity index (χ1n) is 9.37. The summed E-state index contributed by atoms with van der Waals surface area (Å²) >= 11 is 6.10. The lowest BCUT2D eigenvalue weighted by Gasteiger charge is -2.11. The number of halogens is 1. The molecule has 0 aliphatic rings. The summed E-state index contributed by atoms with van der Waals surface area (Å²) in [5.74, 6) is 0.134. The van der Waals surface area contributed by atoms with Gasteiger partial charge in [0.2, 0.25) is 0 Å². The van der Waals surface area contributed by atoms with E-state index in [1.807, 2.05) is 38.1 Å². The van der Waals surface area contributed by atoms with E-state index < -0.39 is 5.91 Å². The molecule has 0 unspecified atom stereocenters. The molecule has 146 valence electrons. The molecule has 28 heavy (non-hydrogen) atoms. The Labute approximate surface area is 171 Å². The zero-order valence-electron chi connectivity index (χ0n) is 16.5. The number of unbranched alkanes of at least 4 members (excludes halogenated alkanes) is 2. The summed E-state index contributed by atoms with van der Waals surface area (Å²) < 4.78 is 5.82. The van der Waals surface area contributed by atoms with Gasteiger partial charge in [-0.15, -0.1) is 0 Å². The highest BCUT2D eigenvalue weighted by molar-refractivity contribution is 6.30. The van der Waals surface area contributed by atoms with Crippen LogP contribution in [0.25, 0.3) is 6.08 Å². The van der Waals surface area contributed by atoms with E-state index in [2.05, 4.69) is 12.2 Å². The van der Waals surface area contributed by atoms with Crippen molar-refractivity contribution in [3.63, 3.8) is 0 Å². The van der Waals surface area contributed by atoms with Crippen molar-refractivity contribution in [3.8, 4) is 11.8 Å². The lowest BCUT2D eigenvalue weighted by molar-refractivity contribution is -0.112. The monoisotopic (exact) mass is 396 g/mol. The van der Waals surface area contributed by atoms with Gasteiger partial charge in [0.1, 0.15) is 17.4 Å². The van der Waals surface area contributed by atoms with E-state index in [1.54, 1.807) is 18.2 Å². The summed E-state index contributed by atoms with van der Waals surface area (Å²) in [5.41, 5.74) is 3.45. The van der Waals surface area contributed by atoms with Gasteiger partial charge in [-0.25, -0.2) is 0 Å². The normalized spacial score (nSPS) is 11.0. The molecule has 1 N–H and O–H groups in total. The molecule has 0 aromatic heterocycles. The highest BCUT2D eigenvalue weighted by atomic mass is 35.5. The SMILES string of the molecule is CCCCCOc1ccc(Cl)cc1C=C(C#N)C(=O)Nc1ccc(C)c(C)c1. The molecule has 0 radical (unpaired) electrons. The molecule has 0 atom stereocenters. The number of amides is 1.